The lowest BCUT2D eigenvalue weighted by Gasteiger charge is -2.27. The van der Waals surface area contributed by atoms with E-state index in [1.54, 1.807) is 12.1 Å². The van der Waals surface area contributed by atoms with E-state index in [1.807, 2.05) is 0 Å². The molecule has 8 heteroatoms. The average Bonchev–Trinajstić information content (AvgIpc) is 2.70. The Morgan fingerprint density at radius 1 is 1.03 bits per heavy atom. The van der Waals surface area contributed by atoms with Gasteiger partial charge in [-0.2, -0.15) is 0 Å². The summed E-state index contributed by atoms with van der Waals surface area (Å²) in [7, 11) is 0. The molecule has 3 N–H and O–H groups in total. The number of guanidine groups is 1. The number of aliphatic hydroxyl groups excluding tert-OH is 1. The number of hydrogen-bond acceptors (Lipinski definition) is 3. The second-order valence-electron chi connectivity index (χ2n) is 7.03. The number of nitrogens with zero attached hydrogens (tertiary/aromatic N) is 1. The second kappa shape index (κ2) is 9.56. The number of carbonyl (C=O) groups excluding carboxylic acids is 1. The predicted octanol–water partition coefficient (Wildman–Crippen LogP) is 3.28. The molecule has 1 saturated carbocycles. The first-order valence-electron chi connectivity index (χ1n) is 9.40. The summed E-state index contributed by atoms with van der Waals surface area (Å²) < 4.78 is 39.9. The molecule has 0 unspecified atom stereocenters. The molecule has 0 aromatic heterocycles. The molecule has 154 valence electrons. The zero-order valence-corrected chi connectivity index (χ0v) is 15.7. The van der Waals surface area contributed by atoms with Gasteiger partial charge in [-0.05, 0) is 61.6 Å². The lowest BCUT2D eigenvalue weighted by atomic mass is 9.93. The van der Waals surface area contributed by atoms with Crippen molar-refractivity contribution in [3.8, 4) is 0 Å². The van der Waals surface area contributed by atoms with Crippen LogP contribution in [0.1, 0.15) is 41.6 Å². The third-order valence-corrected chi connectivity index (χ3v) is 4.76. The van der Waals surface area contributed by atoms with Gasteiger partial charge in [-0.3, -0.25) is 10.1 Å². The standard InChI is InChI=1S/C21H22F3N3O2/c22-15-3-1-2-13(10-15)12-25-21(26-16-5-7-17(28)8-6-16)27-20(29)14-4-9-18(23)19(24)11-14/h1-4,9-11,16-17,28H,5-8,12H2,(H2,25,26,27,29). The van der Waals surface area contributed by atoms with Gasteiger partial charge in [-0.15, -0.1) is 0 Å². The van der Waals surface area contributed by atoms with Crippen LogP contribution in [-0.2, 0) is 6.54 Å². The Morgan fingerprint density at radius 2 is 1.79 bits per heavy atom. The Kier molecular flexibility index (Phi) is 6.87. The average molecular weight is 405 g/mol. The van der Waals surface area contributed by atoms with Crippen LogP contribution in [0.25, 0.3) is 0 Å². The number of carbonyl (C=O) groups is 1. The van der Waals surface area contributed by atoms with Gasteiger partial charge in [0.2, 0.25) is 0 Å². The zero-order valence-electron chi connectivity index (χ0n) is 15.7. The van der Waals surface area contributed by atoms with Gasteiger partial charge in [0.15, 0.2) is 17.6 Å². The Bertz CT molecular complexity index is 896. The third-order valence-electron chi connectivity index (χ3n) is 4.76. The molecule has 0 aliphatic heterocycles. The van der Waals surface area contributed by atoms with Crippen LogP contribution in [0.4, 0.5) is 13.2 Å². The van der Waals surface area contributed by atoms with E-state index in [9.17, 15) is 23.1 Å². The second-order valence-corrected chi connectivity index (χ2v) is 7.03. The summed E-state index contributed by atoms with van der Waals surface area (Å²) in [5, 5.41) is 15.4. The molecule has 3 rings (SSSR count). The van der Waals surface area contributed by atoms with Crippen molar-refractivity contribution in [1.82, 2.24) is 10.6 Å². The molecule has 0 atom stereocenters. The Hall–Kier alpha value is -2.87. The smallest absolute Gasteiger partial charge is 0.258 e. The predicted molar refractivity (Wildman–Crippen MR) is 103 cm³/mol. The zero-order chi connectivity index (χ0) is 20.8. The third kappa shape index (κ3) is 6.05. The Balaban J connectivity index is 1.74. The van der Waals surface area contributed by atoms with Gasteiger partial charge in [0, 0.05) is 11.6 Å². The highest BCUT2D eigenvalue weighted by Gasteiger charge is 2.21. The van der Waals surface area contributed by atoms with Crippen molar-refractivity contribution in [2.75, 3.05) is 0 Å². The van der Waals surface area contributed by atoms with E-state index in [0.717, 1.165) is 12.1 Å². The molecular weight excluding hydrogens is 383 g/mol. The number of hydrogen-bond donors (Lipinski definition) is 3. The van der Waals surface area contributed by atoms with Crippen LogP contribution < -0.4 is 10.6 Å². The topological polar surface area (TPSA) is 73.7 Å². The lowest BCUT2D eigenvalue weighted by molar-refractivity contribution is 0.0972. The van der Waals surface area contributed by atoms with Crippen LogP contribution in [0.15, 0.2) is 47.5 Å². The summed E-state index contributed by atoms with van der Waals surface area (Å²) in [6, 6.07) is 8.80. The van der Waals surface area contributed by atoms with E-state index in [1.165, 1.54) is 18.2 Å². The highest BCUT2D eigenvalue weighted by Crippen LogP contribution is 2.18. The lowest BCUT2D eigenvalue weighted by Crippen LogP contribution is -2.47. The normalized spacial score (nSPS) is 19.7. The van der Waals surface area contributed by atoms with Crippen molar-refractivity contribution in [3.63, 3.8) is 0 Å². The number of rotatable bonds is 4. The van der Waals surface area contributed by atoms with Gasteiger partial charge in [-0.1, -0.05) is 12.1 Å². The van der Waals surface area contributed by atoms with Gasteiger partial charge < -0.3 is 10.4 Å². The van der Waals surface area contributed by atoms with Crippen LogP contribution in [0.3, 0.4) is 0 Å². The van der Waals surface area contributed by atoms with Crippen LogP contribution in [0.2, 0.25) is 0 Å². The van der Waals surface area contributed by atoms with E-state index < -0.39 is 17.5 Å². The SMILES string of the molecule is O=C(NC(=NCc1cccc(F)c1)NC1CCC(O)CC1)c1ccc(F)c(F)c1. The molecule has 1 aliphatic rings. The summed E-state index contributed by atoms with van der Waals surface area (Å²) in [6.07, 6.45) is 2.32. The number of aliphatic hydroxyl groups is 1. The van der Waals surface area contributed by atoms with Crippen LogP contribution >= 0.6 is 0 Å². The number of aliphatic imine (C=N–C) groups is 1. The molecule has 0 radical (unpaired) electrons. The summed E-state index contributed by atoms with van der Waals surface area (Å²) in [4.78, 5) is 16.8. The minimum absolute atomic E-state index is 0.00471. The maximum Gasteiger partial charge on any atom is 0.258 e. The van der Waals surface area contributed by atoms with Gasteiger partial charge in [0.05, 0.1) is 12.6 Å². The van der Waals surface area contributed by atoms with Crippen LogP contribution in [0, 0.1) is 17.5 Å². The highest BCUT2D eigenvalue weighted by molar-refractivity contribution is 6.05. The molecule has 0 bridgehead atoms. The number of benzene rings is 2. The fraction of sp³-hybridized carbons (Fsp3) is 0.333. The number of halogens is 3. The van der Waals surface area contributed by atoms with E-state index in [4.69, 9.17) is 0 Å². The van der Waals surface area contributed by atoms with Crippen LogP contribution in [0.5, 0.6) is 0 Å². The fourth-order valence-corrected chi connectivity index (χ4v) is 3.16. The van der Waals surface area contributed by atoms with E-state index in [-0.39, 0.29) is 36.0 Å². The van der Waals surface area contributed by atoms with E-state index in [0.29, 0.717) is 31.2 Å². The molecule has 29 heavy (non-hydrogen) atoms. The molecule has 2 aromatic rings. The van der Waals surface area contributed by atoms with Gasteiger partial charge in [0.1, 0.15) is 5.82 Å². The van der Waals surface area contributed by atoms with Gasteiger partial charge >= 0.3 is 0 Å². The van der Waals surface area contributed by atoms with Crippen molar-refractivity contribution >= 4 is 11.9 Å². The minimum Gasteiger partial charge on any atom is -0.393 e. The summed E-state index contributed by atoms with van der Waals surface area (Å²) in [5.41, 5.74) is 0.564. The summed E-state index contributed by atoms with van der Waals surface area (Å²) in [6.45, 7) is 0.119. The molecule has 1 aliphatic carbocycles. The molecule has 0 spiro atoms. The van der Waals surface area contributed by atoms with E-state index in [2.05, 4.69) is 15.6 Å². The van der Waals surface area contributed by atoms with Crippen LogP contribution in [-0.4, -0.2) is 29.1 Å². The minimum atomic E-state index is -1.12. The van der Waals surface area contributed by atoms with Crippen molar-refractivity contribution < 1.29 is 23.1 Å². The molecular formula is C21H22F3N3O2. The molecule has 0 heterocycles. The summed E-state index contributed by atoms with van der Waals surface area (Å²) in [5.74, 6) is -3.04. The monoisotopic (exact) mass is 405 g/mol. The number of amides is 1. The van der Waals surface area contributed by atoms with Gasteiger partial charge in [-0.25, -0.2) is 18.2 Å². The van der Waals surface area contributed by atoms with Crippen molar-refractivity contribution in [2.24, 2.45) is 4.99 Å². The maximum atomic E-state index is 13.4. The van der Waals surface area contributed by atoms with Crippen molar-refractivity contribution in [3.05, 3.63) is 71.0 Å². The molecule has 1 fully saturated rings. The summed E-state index contributed by atoms with van der Waals surface area (Å²) >= 11 is 0. The first-order valence-corrected chi connectivity index (χ1v) is 9.40. The number of nitrogens with one attached hydrogen (secondary N) is 2. The molecule has 5 nitrogen and oxygen atoms in total. The Labute approximate surface area is 166 Å². The first-order chi connectivity index (χ1) is 13.9. The van der Waals surface area contributed by atoms with Gasteiger partial charge in [0.25, 0.3) is 5.91 Å². The van der Waals surface area contributed by atoms with E-state index >= 15 is 0 Å². The Morgan fingerprint density at radius 3 is 2.48 bits per heavy atom. The fourth-order valence-electron chi connectivity index (χ4n) is 3.16. The van der Waals surface area contributed by atoms with Crippen molar-refractivity contribution in [2.45, 2.75) is 44.4 Å². The highest BCUT2D eigenvalue weighted by atomic mass is 19.2. The maximum absolute atomic E-state index is 13.4. The first kappa shape index (κ1) is 20.9. The quantitative estimate of drug-likeness (QED) is 0.540. The molecule has 2 aromatic carbocycles. The largest absolute Gasteiger partial charge is 0.393 e. The molecule has 0 saturated heterocycles. The molecule has 1 amide bonds. The van der Waals surface area contributed by atoms with Crippen molar-refractivity contribution in [1.29, 1.82) is 0 Å².